The summed E-state index contributed by atoms with van der Waals surface area (Å²) in [5.74, 6) is 0.153. The Hall–Kier alpha value is -8.54. The van der Waals surface area contributed by atoms with E-state index in [0.717, 1.165) is 77.3 Å². The van der Waals surface area contributed by atoms with Crippen molar-refractivity contribution < 1.29 is 4.42 Å². The van der Waals surface area contributed by atoms with Crippen LogP contribution in [0.4, 0.5) is 0 Å². The molecule has 0 bridgehead atoms. The van der Waals surface area contributed by atoms with E-state index in [1.807, 2.05) is 48.5 Å². The fourth-order valence-corrected chi connectivity index (χ4v) is 9.36. The van der Waals surface area contributed by atoms with E-state index in [4.69, 9.17) is 9.41 Å². The van der Waals surface area contributed by atoms with Crippen LogP contribution < -0.4 is 0 Å². The maximum Gasteiger partial charge on any atom is 0.159 e. The van der Waals surface area contributed by atoms with Crippen molar-refractivity contribution >= 4 is 83.2 Å². The second-order valence-electron chi connectivity index (χ2n) is 15.9. The Bertz CT molecular complexity index is 3790. The quantitative estimate of drug-likeness (QED) is 0.127. The van der Waals surface area contributed by atoms with E-state index in [9.17, 15) is 5.41 Å². The molecule has 3 aromatic heterocycles. The first-order chi connectivity index (χ1) is 31.2. The standard InChI is InChI=1S/C58H38N4O/c59-58(60-49(34-33-38-17-4-1-5-18-38)41-22-14-21-40(35-41)39-19-6-2-7-20-39)46-28-16-32-55-56(46)45-27-15-31-52(57(45)63-55)62-51-30-13-11-26-44(51)48-36-53-47(37-54(48)62)43-25-10-12-29-50(43)61(53)42-23-8-3-9-24-42/h1-37,59H/b34-33+,59-58?,60-49+. The number of para-hydroxylation sites is 4. The number of nitrogens with zero attached hydrogens (tertiary/aromatic N) is 3. The van der Waals surface area contributed by atoms with Crippen LogP contribution in [0.15, 0.2) is 228 Å². The number of fused-ring (bicyclic) bond motifs is 9. The predicted molar refractivity (Wildman–Crippen MR) is 263 cm³/mol. The maximum absolute atomic E-state index is 9.65. The number of furan rings is 1. The van der Waals surface area contributed by atoms with E-state index in [1.165, 1.54) is 16.3 Å². The van der Waals surface area contributed by atoms with E-state index in [-0.39, 0.29) is 5.84 Å². The first kappa shape index (κ1) is 36.3. The summed E-state index contributed by atoms with van der Waals surface area (Å²) in [6, 6.07) is 73.8. The normalized spacial score (nSPS) is 12.2. The maximum atomic E-state index is 9.65. The van der Waals surface area contributed by atoms with Gasteiger partial charge in [0.15, 0.2) is 11.4 Å². The summed E-state index contributed by atoms with van der Waals surface area (Å²) < 4.78 is 11.6. The summed E-state index contributed by atoms with van der Waals surface area (Å²) in [6.45, 7) is 0. The Labute approximate surface area is 363 Å². The van der Waals surface area contributed by atoms with Crippen LogP contribution in [0.25, 0.3) is 94.1 Å². The van der Waals surface area contributed by atoms with Crippen LogP contribution in [0.1, 0.15) is 16.7 Å². The number of hydrogen-bond donors (Lipinski definition) is 1. The lowest BCUT2D eigenvalue weighted by Crippen LogP contribution is -2.04. The molecule has 63 heavy (non-hydrogen) atoms. The molecule has 12 rings (SSSR count). The smallest absolute Gasteiger partial charge is 0.159 e. The molecule has 9 aromatic carbocycles. The number of aliphatic imine (C=N–C) groups is 1. The Kier molecular flexibility index (Phi) is 8.57. The van der Waals surface area contributed by atoms with Crippen molar-refractivity contribution in [1.29, 1.82) is 5.41 Å². The topological polar surface area (TPSA) is 59.2 Å². The summed E-state index contributed by atoms with van der Waals surface area (Å²) in [7, 11) is 0. The molecule has 0 atom stereocenters. The molecule has 3 heterocycles. The molecule has 0 radical (unpaired) electrons. The minimum Gasteiger partial charge on any atom is -0.454 e. The molecule has 0 saturated heterocycles. The average molecular weight is 807 g/mol. The highest BCUT2D eigenvalue weighted by atomic mass is 16.3. The molecular weight excluding hydrogens is 769 g/mol. The Balaban J connectivity index is 1.04. The van der Waals surface area contributed by atoms with Crippen molar-refractivity contribution in [2.75, 3.05) is 0 Å². The molecule has 296 valence electrons. The second-order valence-corrected chi connectivity index (χ2v) is 15.9. The fraction of sp³-hybridized carbons (Fsp3) is 0. The van der Waals surface area contributed by atoms with Gasteiger partial charge in [0.05, 0.1) is 33.5 Å². The molecule has 0 amide bonds. The third-order valence-electron chi connectivity index (χ3n) is 12.2. The van der Waals surface area contributed by atoms with Crippen molar-refractivity contribution in [3.63, 3.8) is 0 Å². The van der Waals surface area contributed by atoms with Crippen LogP contribution in [0.3, 0.4) is 0 Å². The molecule has 12 aromatic rings. The summed E-state index contributed by atoms with van der Waals surface area (Å²) in [5, 5.41) is 16.2. The Morgan fingerprint density at radius 3 is 1.81 bits per heavy atom. The molecule has 0 spiro atoms. The zero-order valence-corrected chi connectivity index (χ0v) is 34.1. The van der Waals surface area contributed by atoms with Crippen molar-refractivity contribution in [3.8, 4) is 22.5 Å². The predicted octanol–water partition coefficient (Wildman–Crippen LogP) is 15.0. The lowest BCUT2D eigenvalue weighted by Gasteiger charge is -2.10. The summed E-state index contributed by atoms with van der Waals surface area (Å²) in [5.41, 5.74) is 13.6. The lowest BCUT2D eigenvalue weighted by molar-refractivity contribution is 0.666. The number of hydrogen-bond acceptors (Lipinski definition) is 2. The van der Waals surface area contributed by atoms with Crippen LogP contribution >= 0.6 is 0 Å². The lowest BCUT2D eigenvalue weighted by atomic mass is 10.00. The van der Waals surface area contributed by atoms with Gasteiger partial charge < -0.3 is 13.6 Å². The molecule has 5 heteroatoms. The van der Waals surface area contributed by atoms with E-state index in [1.54, 1.807) is 0 Å². The molecule has 5 nitrogen and oxygen atoms in total. The molecule has 0 saturated carbocycles. The highest BCUT2D eigenvalue weighted by Gasteiger charge is 2.22. The number of aromatic nitrogens is 2. The van der Waals surface area contributed by atoms with Crippen LogP contribution in [0.2, 0.25) is 0 Å². The highest BCUT2D eigenvalue weighted by Crippen LogP contribution is 2.42. The van der Waals surface area contributed by atoms with E-state index < -0.39 is 0 Å². The number of amidine groups is 1. The van der Waals surface area contributed by atoms with Gasteiger partial charge >= 0.3 is 0 Å². The van der Waals surface area contributed by atoms with Crippen LogP contribution in [0.5, 0.6) is 0 Å². The zero-order valence-electron chi connectivity index (χ0n) is 34.1. The van der Waals surface area contributed by atoms with Gasteiger partial charge in [-0.3, -0.25) is 5.41 Å². The number of rotatable bonds is 7. The van der Waals surface area contributed by atoms with Gasteiger partial charge in [-0.25, -0.2) is 4.99 Å². The van der Waals surface area contributed by atoms with Gasteiger partial charge in [-0.15, -0.1) is 0 Å². The van der Waals surface area contributed by atoms with E-state index in [0.29, 0.717) is 16.9 Å². The SMILES string of the molecule is N=C(/N=C(\C=C\c1ccccc1)c1cccc(-c2ccccc2)c1)c1cccc2oc3c(-n4c5ccccc5c5cc6c(cc54)c4ccccc4n6-c4ccccc4)cccc3c12. The molecule has 0 fully saturated rings. The number of allylic oxidation sites excluding steroid dienone is 1. The van der Waals surface area contributed by atoms with Crippen LogP contribution in [-0.4, -0.2) is 20.7 Å². The van der Waals surface area contributed by atoms with Crippen molar-refractivity contribution in [3.05, 3.63) is 235 Å². The minimum atomic E-state index is 0.153. The fourth-order valence-electron chi connectivity index (χ4n) is 9.36. The van der Waals surface area contributed by atoms with Crippen molar-refractivity contribution in [1.82, 2.24) is 9.13 Å². The number of benzene rings is 9. The van der Waals surface area contributed by atoms with Gasteiger partial charge in [0.25, 0.3) is 0 Å². The Morgan fingerprint density at radius 1 is 0.476 bits per heavy atom. The first-order valence-corrected chi connectivity index (χ1v) is 21.2. The van der Waals surface area contributed by atoms with Crippen LogP contribution in [0, 0.1) is 5.41 Å². The Morgan fingerprint density at radius 2 is 1.06 bits per heavy atom. The third-order valence-corrected chi connectivity index (χ3v) is 12.2. The third kappa shape index (κ3) is 6.09. The summed E-state index contributed by atoms with van der Waals surface area (Å²) in [6.07, 6.45) is 4.07. The van der Waals surface area contributed by atoms with E-state index in [2.05, 4.69) is 185 Å². The molecule has 0 aliphatic rings. The van der Waals surface area contributed by atoms with Gasteiger partial charge in [-0.05, 0) is 77.4 Å². The van der Waals surface area contributed by atoms with Gasteiger partial charge in [0, 0.05) is 49.1 Å². The molecule has 1 N–H and O–H groups in total. The van der Waals surface area contributed by atoms with Gasteiger partial charge in [-0.1, -0.05) is 164 Å². The molecule has 0 aliphatic carbocycles. The van der Waals surface area contributed by atoms with E-state index >= 15 is 0 Å². The second kappa shape index (κ2) is 14.9. The largest absolute Gasteiger partial charge is 0.454 e. The molecular formula is C58H38N4O. The average Bonchev–Trinajstić information content (AvgIpc) is 4.00. The van der Waals surface area contributed by atoms with Gasteiger partial charge in [-0.2, -0.15) is 0 Å². The monoisotopic (exact) mass is 806 g/mol. The van der Waals surface area contributed by atoms with Crippen molar-refractivity contribution in [2.45, 2.75) is 0 Å². The highest BCUT2D eigenvalue weighted by molar-refractivity contribution is 6.24. The first-order valence-electron chi connectivity index (χ1n) is 21.2. The minimum absolute atomic E-state index is 0.153. The summed E-state index contributed by atoms with van der Waals surface area (Å²) >= 11 is 0. The molecule has 0 aliphatic heterocycles. The van der Waals surface area contributed by atoms with Crippen LogP contribution in [-0.2, 0) is 0 Å². The van der Waals surface area contributed by atoms with Gasteiger partial charge in [0.1, 0.15) is 5.58 Å². The number of nitrogens with one attached hydrogen (secondary N) is 1. The zero-order chi connectivity index (χ0) is 41.9. The summed E-state index contributed by atoms with van der Waals surface area (Å²) in [4.78, 5) is 5.10. The molecule has 0 unspecified atom stereocenters. The van der Waals surface area contributed by atoms with Crippen molar-refractivity contribution in [2.24, 2.45) is 4.99 Å². The van der Waals surface area contributed by atoms with Gasteiger partial charge in [0.2, 0.25) is 0 Å².